The van der Waals surface area contributed by atoms with Gasteiger partial charge in [-0.1, -0.05) is 18.2 Å². The first-order chi connectivity index (χ1) is 13.5. The van der Waals surface area contributed by atoms with Crippen molar-refractivity contribution in [3.8, 4) is 5.75 Å². The van der Waals surface area contributed by atoms with Crippen molar-refractivity contribution in [2.24, 2.45) is 0 Å². The monoisotopic (exact) mass is 383 g/mol. The molecule has 0 aliphatic carbocycles. The highest BCUT2D eigenvalue weighted by Crippen LogP contribution is 2.22. The summed E-state index contributed by atoms with van der Waals surface area (Å²) in [5.74, 6) is 1.37. The molecule has 1 aliphatic rings. The van der Waals surface area contributed by atoms with Crippen LogP contribution in [-0.2, 0) is 6.54 Å². The van der Waals surface area contributed by atoms with Crippen molar-refractivity contribution in [2.75, 3.05) is 38.6 Å². The predicted molar refractivity (Wildman–Crippen MR) is 110 cm³/mol. The van der Waals surface area contributed by atoms with Crippen LogP contribution in [0.2, 0.25) is 0 Å². The van der Waals surface area contributed by atoms with Crippen LogP contribution in [0.1, 0.15) is 35.6 Å². The first kappa shape index (κ1) is 20.1. The molecule has 7 nitrogen and oxygen atoms in total. The van der Waals surface area contributed by atoms with Crippen LogP contribution in [0.25, 0.3) is 0 Å². The van der Waals surface area contributed by atoms with Gasteiger partial charge in [-0.15, -0.1) is 0 Å². The molecule has 0 spiro atoms. The number of amides is 1. The Morgan fingerprint density at radius 2 is 2.07 bits per heavy atom. The van der Waals surface area contributed by atoms with Gasteiger partial charge >= 0.3 is 0 Å². The molecule has 2 aromatic rings. The maximum Gasteiger partial charge on any atom is 0.272 e. The van der Waals surface area contributed by atoms with E-state index in [4.69, 9.17) is 4.74 Å². The summed E-state index contributed by atoms with van der Waals surface area (Å²) in [4.78, 5) is 25.9. The molecule has 7 heteroatoms. The van der Waals surface area contributed by atoms with Crippen LogP contribution in [0, 0.1) is 6.92 Å². The lowest BCUT2D eigenvalue weighted by Crippen LogP contribution is -2.53. The number of carbonyl (C=O) groups is 1. The highest BCUT2D eigenvalue weighted by molar-refractivity contribution is 5.93. The van der Waals surface area contributed by atoms with Crippen molar-refractivity contribution in [3.63, 3.8) is 0 Å². The van der Waals surface area contributed by atoms with Crippen molar-refractivity contribution < 1.29 is 9.53 Å². The molecule has 3 rings (SSSR count). The van der Waals surface area contributed by atoms with E-state index >= 15 is 0 Å². The molecule has 28 heavy (non-hydrogen) atoms. The van der Waals surface area contributed by atoms with Gasteiger partial charge in [-0.05, 0) is 32.9 Å². The van der Waals surface area contributed by atoms with Gasteiger partial charge < -0.3 is 15.0 Å². The fraction of sp³-hybridized carbons (Fsp3) is 0.476. The molecule has 150 valence electrons. The Morgan fingerprint density at radius 1 is 1.29 bits per heavy atom. The minimum atomic E-state index is -0.0381. The van der Waals surface area contributed by atoms with E-state index in [1.54, 1.807) is 13.1 Å². The number of benzene rings is 1. The third kappa shape index (κ3) is 4.59. The number of carbonyl (C=O) groups excluding carboxylic acids is 1. The predicted octanol–water partition coefficient (Wildman–Crippen LogP) is 2.57. The Labute approximate surface area is 166 Å². The fourth-order valence-corrected chi connectivity index (χ4v) is 3.59. The molecule has 0 saturated carbocycles. The summed E-state index contributed by atoms with van der Waals surface area (Å²) in [6.45, 7) is 9.74. The van der Waals surface area contributed by atoms with Crippen LogP contribution >= 0.6 is 0 Å². The molecular formula is C21H29N5O2. The molecule has 1 saturated heterocycles. The standard InChI is InChI=1S/C21H29N5O2/c1-5-28-19-9-7-6-8-17(19)14-25-10-11-26(16(3)13-25)20(27)18-12-15(2)23-21(22-4)24-18/h6-9,12,16H,5,10-11,13-14H2,1-4H3,(H,22,23,24). The van der Waals surface area contributed by atoms with E-state index < -0.39 is 0 Å². The minimum Gasteiger partial charge on any atom is -0.494 e. The molecule has 0 bridgehead atoms. The first-order valence-electron chi connectivity index (χ1n) is 9.79. The molecule has 1 N–H and O–H groups in total. The van der Waals surface area contributed by atoms with Gasteiger partial charge in [0.2, 0.25) is 5.95 Å². The van der Waals surface area contributed by atoms with E-state index in [0.717, 1.165) is 31.1 Å². The number of piperazine rings is 1. The summed E-state index contributed by atoms with van der Waals surface area (Å²) in [5, 5.41) is 2.91. The van der Waals surface area contributed by atoms with Crippen molar-refractivity contribution in [1.82, 2.24) is 19.8 Å². The molecule has 1 aromatic heterocycles. The zero-order valence-corrected chi connectivity index (χ0v) is 17.1. The van der Waals surface area contributed by atoms with Gasteiger partial charge in [0.15, 0.2) is 0 Å². The van der Waals surface area contributed by atoms with Crippen molar-refractivity contribution in [2.45, 2.75) is 33.4 Å². The van der Waals surface area contributed by atoms with Crippen LogP contribution in [0.4, 0.5) is 5.95 Å². The van der Waals surface area contributed by atoms with Gasteiger partial charge in [-0.25, -0.2) is 9.97 Å². The van der Waals surface area contributed by atoms with E-state index in [2.05, 4.69) is 33.2 Å². The number of para-hydroxylation sites is 1. The van der Waals surface area contributed by atoms with Crippen LogP contribution in [-0.4, -0.2) is 65.0 Å². The molecule has 2 heterocycles. The smallest absolute Gasteiger partial charge is 0.272 e. The maximum atomic E-state index is 13.0. The molecule has 1 unspecified atom stereocenters. The third-order valence-electron chi connectivity index (χ3n) is 4.94. The molecule has 1 fully saturated rings. The second-order valence-corrected chi connectivity index (χ2v) is 7.09. The molecule has 1 atom stereocenters. The second-order valence-electron chi connectivity index (χ2n) is 7.09. The van der Waals surface area contributed by atoms with Gasteiger partial charge in [0, 0.05) is 50.5 Å². The Bertz CT molecular complexity index is 826. The average Bonchev–Trinajstić information content (AvgIpc) is 2.69. The third-order valence-corrected chi connectivity index (χ3v) is 4.94. The number of anilines is 1. The Kier molecular flexibility index (Phi) is 6.46. The average molecular weight is 383 g/mol. The number of nitrogens with one attached hydrogen (secondary N) is 1. The summed E-state index contributed by atoms with van der Waals surface area (Å²) in [5.41, 5.74) is 2.40. The van der Waals surface area contributed by atoms with E-state index in [-0.39, 0.29) is 11.9 Å². The number of rotatable bonds is 6. The SMILES string of the molecule is CCOc1ccccc1CN1CCN(C(=O)c2cc(C)nc(NC)n2)C(C)C1. The van der Waals surface area contributed by atoms with Gasteiger partial charge in [0.1, 0.15) is 11.4 Å². The molecular weight excluding hydrogens is 354 g/mol. The number of aromatic nitrogens is 2. The Balaban J connectivity index is 1.67. The van der Waals surface area contributed by atoms with E-state index in [9.17, 15) is 4.79 Å². The molecule has 0 radical (unpaired) electrons. The lowest BCUT2D eigenvalue weighted by Gasteiger charge is -2.40. The van der Waals surface area contributed by atoms with Crippen molar-refractivity contribution >= 4 is 11.9 Å². The number of nitrogens with zero attached hydrogens (tertiary/aromatic N) is 4. The van der Waals surface area contributed by atoms with E-state index in [0.29, 0.717) is 24.8 Å². The maximum absolute atomic E-state index is 13.0. The van der Waals surface area contributed by atoms with Gasteiger partial charge in [-0.2, -0.15) is 0 Å². The topological polar surface area (TPSA) is 70.6 Å². The summed E-state index contributed by atoms with van der Waals surface area (Å²) < 4.78 is 5.74. The van der Waals surface area contributed by atoms with Crippen molar-refractivity contribution in [1.29, 1.82) is 0 Å². The molecule has 1 aliphatic heterocycles. The molecule has 1 aromatic carbocycles. The van der Waals surface area contributed by atoms with E-state index in [1.165, 1.54) is 5.56 Å². The first-order valence-corrected chi connectivity index (χ1v) is 9.79. The van der Waals surface area contributed by atoms with Crippen LogP contribution in [0.5, 0.6) is 5.75 Å². The fourth-order valence-electron chi connectivity index (χ4n) is 3.59. The van der Waals surface area contributed by atoms with Crippen LogP contribution in [0.15, 0.2) is 30.3 Å². The lowest BCUT2D eigenvalue weighted by atomic mass is 10.1. The summed E-state index contributed by atoms with van der Waals surface area (Å²) in [6.07, 6.45) is 0. The highest BCUT2D eigenvalue weighted by atomic mass is 16.5. The highest BCUT2D eigenvalue weighted by Gasteiger charge is 2.29. The number of aryl methyl sites for hydroxylation is 1. The summed E-state index contributed by atoms with van der Waals surface area (Å²) in [7, 11) is 1.75. The quantitative estimate of drug-likeness (QED) is 0.827. The normalized spacial score (nSPS) is 17.4. The number of hydrogen-bond acceptors (Lipinski definition) is 6. The van der Waals surface area contributed by atoms with Gasteiger partial charge in [0.25, 0.3) is 5.91 Å². The van der Waals surface area contributed by atoms with Gasteiger partial charge in [-0.3, -0.25) is 9.69 Å². The van der Waals surface area contributed by atoms with Crippen LogP contribution in [0.3, 0.4) is 0 Å². The Hall–Kier alpha value is -2.67. The van der Waals surface area contributed by atoms with Gasteiger partial charge in [0.05, 0.1) is 6.61 Å². The van der Waals surface area contributed by atoms with Crippen molar-refractivity contribution in [3.05, 3.63) is 47.3 Å². The lowest BCUT2D eigenvalue weighted by molar-refractivity contribution is 0.0468. The summed E-state index contributed by atoms with van der Waals surface area (Å²) >= 11 is 0. The largest absolute Gasteiger partial charge is 0.494 e. The number of hydrogen-bond donors (Lipinski definition) is 1. The molecule has 1 amide bonds. The summed E-state index contributed by atoms with van der Waals surface area (Å²) in [6, 6.07) is 10.0. The zero-order valence-electron chi connectivity index (χ0n) is 17.1. The zero-order chi connectivity index (χ0) is 20.1. The minimum absolute atomic E-state index is 0.0381. The second kappa shape index (κ2) is 9.01. The van der Waals surface area contributed by atoms with Crippen LogP contribution < -0.4 is 10.1 Å². The van der Waals surface area contributed by atoms with E-state index in [1.807, 2.05) is 36.9 Å². The number of ether oxygens (including phenoxy) is 1. The Morgan fingerprint density at radius 3 is 2.79 bits per heavy atom.